The first-order valence-electron chi connectivity index (χ1n) is 10.4. The number of hydrogen-bond acceptors (Lipinski definition) is 8. The Kier molecular flexibility index (Phi) is 7.92. The van der Waals surface area contributed by atoms with Crippen molar-refractivity contribution in [2.24, 2.45) is 0 Å². The van der Waals surface area contributed by atoms with Crippen LogP contribution in [-0.4, -0.2) is 65.0 Å². The van der Waals surface area contributed by atoms with E-state index in [-0.39, 0.29) is 11.4 Å². The molecule has 3 rings (SSSR count). The maximum Gasteiger partial charge on any atom is 0.273 e. The van der Waals surface area contributed by atoms with E-state index in [0.717, 1.165) is 51.4 Å². The molecule has 11 nitrogen and oxygen atoms in total. The molecule has 0 atom stereocenters. The monoisotopic (exact) mass is 443 g/mol. The van der Waals surface area contributed by atoms with Gasteiger partial charge in [0.25, 0.3) is 11.4 Å². The Hall–Kier alpha value is -3.73. The van der Waals surface area contributed by atoms with Gasteiger partial charge in [-0.2, -0.15) is 0 Å². The topological polar surface area (TPSA) is 140 Å². The van der Waals surface area contributed by atoms with E-state index in [1.807, 2.05) is 0 Å². The third-order valence-corrected chi connectivity index (χ3v) is 5.09. The Balaban J connectivity index is 1.29. The molecule has 1 aliphatic rings. The maximum atomic E-state index is 10.9. The minimum absolute atomic E-state index is 0.0409. The van der Waals surface area contributed by atoms with Gasteiger partial charge in [0.05, 0.1) is 34.8 Å². The lowest BCUT2D eigenvalue weighted by Gasteiger charge is -2.12. The summed E-state index contributed by atoms with van der Waals surface area (Å²) in [6.07, 6.45) is 3.88. The zero-order chi connectivity index (χ0) is 22.9. The van der Waals surface area contributed by atoms with Gasteiger partial charge in [-0.3, -0.25) is 20.2 Å². The van der Waals surface area contributed by atoms with Crippen molar-refractivity contribution in [3.63, 3.8) is 0 Å². The van der Waals surface area contributed by atoms with Gasteiger partial charge in [0.2, 0.25) is 0 Å². The molecular weight excluding hydrogens is 416 g/mol. The molecule has 1 aliphatic heterocycles. The molecule has 0 amide bonds. The predicted octanol–water partition coefficient (Wildman–Crippen LogP) is 2.71. The van der Waals surface area contributed by atoms with Gasteiger partial charge in [-0.05, 0) is 24.6 Å². The van der Waals surface area contributed by atoms with Crippen LogP contribution in [0, 0.1) is 20.2 Å². The number of nitrogens with zero attached hydrogens (tertiary/aromatic N) is 4. The molecule has 0 spiro atoms. The quantitative estimate of drug-likeness (QED) is 0.168. The first kappa shape index (κ1) is 22.9. The van der Waals surface area contributed by atoms with E-state index in [2.05, 4.69) is 21.0 Å². The second-order valence-corrected chi connectivity index (χ2v) is 7.48. The molecule has 0 saturated heterocycles. The zero-order valence-electron chi connectivity index (χ0n) is 17.7. The normalized spacial score (nSPS) is 13.6. The molecular formula is C21H27N6O5+. The number of benzene rings is 2. The van der Waals surface area contributed by atoms with Crippen LogP contribution in [-0.2, 0) is 0 Å². The standard InChI is InChI=1S/C21H27N6O5/c22-20-8-7-19(27(30)31)15-21(20)32-14-2-11-25-13-12-24(16-25)10-1-9-23-17-3-5-18(6-4-17)26(28)29/h3-8,13,15,23H,1-2,9-12,14,16,22H2/q+1. The van der Waals surface area contributed by atoms with Gasteiger partial charge < -0.3 is 15.8 Å². The van der Waals surface area contributed by atoms with E-state index in [4.69, 9.17) is 10.5 Å². The van der Waals surface area contributed by atoms with Gasteiger partial charge in [-0.1, -0.05) is 0 Å². The van der Waals surface area contributed by atoms with Gasteiger partial charge in [-0.15, -0.1) is 0 Å². The Labute approximate surface area is 185 Å². The highest BCUT2D eigenvalue weighted by Crippen LogP contribution is 2.26. The van der Waals surface area contributed by atoms with Gasteiger partial charge in [0.1, 0.15) is 12.3 Å². The predicted molar refractivity (Wildman–Crippen MR) is 121 cm³/mol. The number of nitro benzene ring substituents is 2. The van der Waals surface area contributed by atoms with Crippen molar-refractivity contribution >= 4 is 29.0 Å². The van der Waals surface area contributed by atoms with Crippen LogP contribution in [0.15, 0.2) is 42.5 Å². The minimum atomic E-state index is -0.471. The second-order valence-electron chi connectivity index (χ2n) is 7.48. The molecule has 170 valence electrons. The number of nitrogens with two attached hydrogens (primary N) is 1. The van der Waals surface area contributed by atoms with E-state index in [9.17, 15) is 20.2 Å². The van der Waals surface area contributed by atoms with E-state index >= 15 is 0 Å². The maximum absolute atomic E-state index is 10.9. The van der Waals surface area contributed by atoms with Crippen molar-refractivity contribution in [1.82, 2.24) is 4.90 Å². The molecule has 0 radical (unpaired) electrons. The molecule has 1 heterocycles. The molecule has 0 bridgehead atoms. The molecule has 11 heteroatoms. The van der Waals surface area contributed by atoms with Gasteiger partial charge in [0, 0.05) is 43.4 Å². The summed E-state index contributed by atoms with van der Waals surface area (Å²) in [5.41, 5.74) is 7.12. The van der Waals surface area contributed by atoms with Crippen LogP contribution < -0.4 is 15.8 Å². The van der Waals surface area contributed by atoms with E-state index in [1.54, 1.807) is 12.1 Å². The molecule has 0 fully saturated rings. The third kappa shape index (κ3) is 6.64. The summed E-state index contributed by atoms with van der Waals surface area (Å²) in [5, 5.41) is 24.8. The Morgan fingerprint density at radius 1 is 1.06 bits per heavy atom. The lowest BCUT2D eigenvalue weighted by molar-refractivity contribution is -0.532. The number of non-ortho nitro benzene ring substituents is 2. The average Bonchev–Trinajstić information content (AvgIpc) is 3.23. The van der Waals surface area contributed by atoms with Gasteiger partial charge in [0.15, 0.2) is 12.9 Å². The first-order valence-corrected chi connectivity index (χ1v) is 10.4. The number of nitrogen functional groups attached to an aromatic ring is 1. The third-order valence-electron chi connectivity index (χ3n) is 5.09. The smallest absolute Gasteiger partial charge is 0.273 e. The van der Waals surface area contributed by atoms with Crippen LogP contribution in [0.3, 0.4) is 0 Å². The second kappa shape index (κ2) is 11.0. The van der Waals surface area contributed by atoms with Crippen molar-refractivity contribution in [3.8, 4) is 5.75 Å². The summed E-state index contributed by atoms with van der Waals surface area (Å²) in [7, 11) is 0. The van der Waals surface area contributed by atoms with Crippen LogP contribution in [0.5, 0.6) is 5.75 Å². The summed E-state index contributed by atoms with van der Waals surface area (Å²) >= 11 is 0. The van der Waals surface area contributed by atoms with Gasteiger partial charge >= 0.3 is 0 Å². The number of rotatable bonds is 12. The highest BCUT2D eigenvalue weighted by molar-refractivity contribution is 5.57. The van der Waals surface area contributed by atoms with Crippen LogP contribution in [0.4, 0.5) is 22.7 Å². The zero-order valence-corrected chi connectivity index (χ0v) is 17.7. The van der Waals surface area contributed by atoms with Crippen molar-refractivity contribution < 1.29 is 19.2 Å². The molecule has 3 N–H and O–H groups in total. The average molecular weight is 443 g/mol. The SMILES string of the molecule is Nc1ccc([N+](=O)[O-])cc1OCCC[N+]1=CCN(CCCNc2ccc([N+](=O)[O-])cc2)C1. The summed E-state index contributed by atoms with van der Waals surface area (Å²) in [6, 6.07) is 10.6. The van der Waals surface area contributed by atoms with Crippen LogP contribution >= 0.6 is 0 Å². The molecule has 0 aliphatic carbocycles. The highest BCUT2D eigenvalue weighted by Gasteiger charge is 2.19. The van der Waals surface area contributed by atoms with Crippen LogP contribution in [0.1, 0.15) is 12.8 Å². The Morgan fingerprint density at radius 2 is 1.78 bits per heavy atom. The van der Waals surface area contributed by atoms with Crippen molar-refractivity contribution in [2.45, 2.75) is 12.8 Å². The molecule has 32 heavy (non-hydrogen) atoms. The minimum Gasteiger partial charge on any atom is -0.491 e. The fourth-order valence-electron chi connectivity index (χ4n) is 3.38. The first-order chi connectivity index (χ1) is 15.4. The van der Waals surface area contributed by atoms with Crippen molar-refractivity contribution in [3.05, 3.63) is 62.7 Å². The van der Waals surface area contributed by atoms with Crippen molar-refractivity contribution in [1.29, 1.82) is 0 Å². The number of anilines is 2. The Bertz CT molecular complexity index is 979. The molecule has 0 aromatic heterocycles. The number of ether oxygens (including phenoxy) is 1. The summed E-state index contributed by atoms with van der Waals surface area (Å²) < 4.78 is 7.85. The van der Waals surface area contributed by atoms with E-state index < -0.39 is 9.85 Å². The molecule has 2 aromatic rings. The highest BCUT2D eigenvalue weighted by atomic mass is 16.6. The number of hydrogen-bond donors (Lipinski definition) is 2. The summed E-state index contributed by atoms with van der Waals surface area (Å²) in [6.45, 7) is 4.70. The Morgan fingerprint density at radius 3 is 2.50 bits per heavy atom. The summed E-state index contributed by atoms with van der Waals surface area (Å²) in [5.74, 6) is 0.340. The van der Waals surface area contributed by atoms with Gasteiger partial charge in [-0.25, -0.2) is 9.48 Å². The molecule has 2 aromatic carbocycles. The lowest BCUT2D eigenvalue weighted by Crippen LogP contribution is -2.27. The fourth-order valence-corrected chi connectivity index (χ4v) is 3.38. The fraction of sp³-hybridized carbons (Fsp3) is 0.381. The largest absolute Gasteiger partial charge is 0.491 e. The summed E-state index contributed by atoms with van der Waals surface area (Å²) in [4.78, 5) is 23.0. The van der Waals surface area contributed by atoms with Crippen LogP contribution in [0.2, 0.25) is 0 Å². The van der Waals surface area contributed by atoms with E-state index in [1.165, 1.54) is 30.3 Å². The number of nitrogens with one attached hydrogen (secondary N) is 1. The van der Waals surface area contributed by atoms with Crippen LogP contribution in [0.25, 0.3) is 0 Å². The van der Waals surface area contributed by atoms with E-state index in [0.29, 0.717) is 18.0 Å². The van der Waals surface area contributed by atoms with Crippen molar-refractivity contribution in [2.75, 3.05) is 50.5 Å². The number of nitro groups is 2. The molecule has 0 saturated carbocycles. The lowest BCUT2D eigenvalue weighted by atomic mass is 10.2. The molecule has 0 unspecified atom stereocenters.